The maximum Gasteiger partial charge on any atom is 0.394 e. The van der Waals surface area contributed by atoms with Gasteiger partial charge in [-0.2, -0.15) is 13.2 Å². The number of ether oxygens (including phenoxy) is 1. The molecule has 8 nitrogen and oxygen atoms in total. The highest BCUT2D eigenvalue weighted by Crippen LogP contribution is 2.59. The van der Waals surface area contributed by atoms with Crippen molar-refractivity contribution in [2.24, 2.45) is 17.1 Å². The van der Waals surface area contributed by atoms with E-state index in [4.69, 9.17) is 10.5 Å². The lowest BCUT2D eigenvalue weighted by Crippen LogP contribution is -2.68. The van der Waals surface area contributed by atoms with Gasteiger partial charge in [-0.1, -0.05) is 13.3 Å². The van der Waals surface area contributed by atoms with Crippen LogP contribution in [0.5, 0.6) is 0 Å². The van der Waals surface area contributed by atoms with Gasteiger partial charge in [0.05, 0.1) is 11.1 Å². The number of anilines is 1. The van der Waals surface area contributed by atoms with Crippen LogP contribution in [0.4, 0.5) is 19.0 Å². The van der Waals surface area contributed by atoms with E-state index >= 15 is 0 Å². The van der Waals surface area contributed by atoms with Crippen LogP contribution in [0.3, 0.4) is 0 Å². The highest BCUT2D eigenvalue weighted by molar-refractivity contribution is 7.80. The fraction of sp³-hybridized carbons (Fsp3) is 0.593. The minimum Gasteiger partial charge on any atom is -0.370 e. The molecular formula is C27H40F3N7OS. The SMILES string of the molecule is CCC(CCCNc1ccc(S)cn1)CN(C)C1C2=CC=C(N/C=C\C(N)OCCC3(C(F)(F)F)CC3)N1N2. The van der Waals surface area contributed by atoms with Crippen molar-refractivity contribution in [2.75, 3.05) is 32.1 Å². The van der Waals surface area contributed by atoms with E-state index in [0.29, 0.717) is 5.92 Å². The Labute approximate surface area is 234 Å². The summed E-state index contributed by atoms with van der Waals surface area (Å²) in [6.45, 7) is 4.05. The second-order valence-corrected chi connectivity index (χ2v) is 11.1. The van der Waals surface area contributed by atoms with E-state index in [1.54, 1.807) is 18.5 Å². The monoisotopic (exact) mass is 567 g/mol. The molecule has 2 aliphatic heterocycles. The smallest absolute Gasteiger partial charge is 0.370 e. The van der Waals surface area contributed by atoms with E-state index in [1.165, 1.54) is 0 Å². The fourth-order valence-electron chi connectivity index (χ4n) is 4.98. The summed E-state index contributed by atoms with van der Waals surface area (Å²) in [5.41, 5.74) is 8.82. The van der Waals surface area contributed by atoms with Crippen LogP contribution in [0.25, 0.3) is 0 Å². The number of pyridine rings is 1. The zero-order valence-corrected chi connectivity index (χ0v) is 23.4. The zero-order chi connectivity index (χ0) is 28.0. The Balaban J connectivity index is 1.16. The number of halogens is 3. The molecule has 12 heteroatoms. The first kappa shape index (κ1) is 29.6. The number of rotatable bonds is 16. The van der Waals surface area contributed by atoms with Crippen LogP contribution in [0, 0.1) is 11.3 Å². The number of nitrogens with two attached hydrogens (primary N) is 1. The summed E-state index contributed by atoms with van der Waals surface area (Å²) in [6, 6.07) is 3.87. The van der Waals surface area contributed by atoms with Gasteiger partial charge in [0, 0.05) is 37.0 Å². The van der Waals surface area contributed by atoms with Crippen LogP contribution in [-0.4, -0.2) is 60.2 Å². The molecule has 1 saturated carbocycles. The lowest BCUT2D eigenvalue weighted by molar-refractivity contribution is -0.192. The highest BCUT2D eigenvalue weighted by Gasteiger charge is 2.62. The van der Waals surface area contributed by atoms with Crippen LogP contribution in [0.1, 0.15) is 45.4 Å². The summed E-state index contributed by atoms with van der Waals surface area (Å²) in [7, 11) is 2.13. The lowest BCUT2D eigenvalue weighted by Gasteiger charge is -2.52. The molecule has 1 aromatic heterocycles. The Bertz CT molecular complexity index is 1040. The number of hydrazine groups is 1. The Morgan fingerprint density at radius 1 is 1.36 bits per heavy atom. The highest BCUT2D eigenvalue weighted by atomic mass is 32.1. The van der Waals surface area contributed by atoms with E-state index in [2.05, 4.69) is 57.6 Å². The minimum absolute atomic E-state index is 0.0188. The molecule has 5 N–H and O–H groups in total. The predicted molar refractivity (Wildman–Crippen MR) is 149 cm³/mol. The first-order valence-electron chi connectivity index (χ1n) is 13.6. The van der Waals surface area contributed by atoms with E-state index in [1.807, 2.05) is 24.3 Å². The number of allylic oxidation sites excluding steroid dienone is 2. The van der Waals surface area contributed by atoms with Crippen LogP contribution >= 0.6 is 12.6 Å². The van der Waals surface area contributed by atoms with Gasteiger partial charge in [0.15, 0.2) is 0 Å². The minimum atomic E-state index is -4.17. The Hall–Kier alpha value is -2.41. The Morgan fingerprint density at radius 2 is 2.15 bits per heavy atom. The van der Waals surface area contributed by atoms with Crippen molar-refractivity contribution in [3.05, 3.63) is 54.3 Å². The number of thiol groups is 1. The molecular weight excluding hydrogens is 527 g/mol. The molecule has 3 atom stereocenters. The largest absolute Gasteiger partial charge is 0.394 e. The molecule has 0 radical (unpaired) electrons. The van der Waals surface area contributed by atoms with E-state index in [9.17, 15) is 13.2 Å². The molecule has 0 spiro atoms. The first-order valence-corrected chi connectivity index (χ1v) is 14.0. The summed E-state index contributed by atoms with van der Waals surface area (Å²) in [5.74, 6) is 2.29. The molecule has 1 saturated heterocycles. The number of hydrogen-bond donors (Lipinski definition) is 5. The Morgan fingerprint density at radius 3 is 2.79 bits per heavy atom. The molecule has 3 heterocycles. The molecule has 0 amide bonds. The average Bonchev–Trinajstić information content (AvgIpc) is 3.68. The second-order valence-electron chi connectivity index (χ2n) is 10.6. The van der Waals surface area contributed by atoms with Crippen LogP contribution in [-0.2, 0) is 4.74 Å². The number of fused-ring (bicyclic) bond motifs is 2. The van der Waals surface area contributed by atoms with Gasteiger partial charge in [0.25, 0.3) is 0 Å². The fourth-order valence-corrected chi connectivity index (χ4v) is 5.11. The van der Waals surface area contributed by atoms with Crippen molar-refractivity contribution in [3.63, 3.8) is 0 Å². The zero-order valence-electron chi connectivity index (χ0n) is 22.5. The third-order valence-electron chi connectivity index (χ3n) is 7.70. The molecule has 1 aliphatic carbocycles. The lowest BCUT2D eigenvalue weighted by atomic mass is 9.98. The van der Waals surface area contributed by atoms with Crippen molar-refractivity contribution in [3.8, 4) is 0 Å². The number of alkyl halides is 3. The van der Waals surface area contributed by atoms with Gasteiger partial charge in [0.2, 0.25) is 0 Å². The van der Waals surface area contributed by atoms with Gasteiger partial charge < -0.3 is 21.1 Å². The van der Waals surface area contributed by atoms with Crippen molar-refractivity contribution in [1.82, 2.24) is 25.6 Å². The van der Waals surface area contributed by atoms with Crippen LogP contribution in [0.2, 0.25) is 0 Å². The molecule has 39 heavy (non-hydrogen) atoms. The molecule has 0 aromatic carbocycles. The number of nitrogens with zero attached hydrogens (tertiary/aromatic N) is 3. The van der Waals surface area contributed by atoms with Crippen molar-refractivity contribution >= 4 is 18.4 Å². The number of aromatic nitrogens is 1. The first-order chi connectivity index (χ1) is 18.6. The summed E-state index contributed by atoms with van der Waals surface area (Å²) in [4.78, 5) is 7.52. The summed E-state index contributed by atoms with van der Waals surface area (Å²) >= 11 is 4.27. The van der Waals surface area contributed by atoms with Gasteiger partial charge in [-0.05, 0) is 75.4 Å². The molecule has 216 valence electrons. The van der Waals surface area contributed by atoms with Gasteiger partial charge in [-0.25, -0.2) is 9.99 Å². The average molecular weight is 568 g/mol. The maximum absolute atomic E-state index is 13.0. The van der Waals surface area contributed by atoms with E-state index in [-0.39, 0.29) is 32.0 Å². The second kappa shape index (κ2) is 12.8. The quantitative estimate of drug-likeness (QED) is 0.113. The number of likely N-dealkylation sites (N-methyl/N-ethyl adjacent to an activating group) is 1. The van der Waals surface area contributed by atoms with E-state index in [0.717, 1.165) is 54.6 Å². The van der Waals surface area contributed by atoms with Gasteiger partial charge >= 0.3 is 6.18 Å². The standard InChI is InChI=1S/C27H40F3N7OS/c1-3-19(5-4-14-32-23-8-6-20(39)17-34-23)18-36(2)25-21-7-9-24(37(25)35-21)33-15-10-22(31)38-16-13-26(11-12-26)27(28,29)30/h6-10,15,17,19,22,25,33,35,39H,3-5,11-14,16,18,31H2,1-2H3,(H,32,34)/b15-10-. The predicted octanol–water partition coefficient (Wildman–Crippen LogP) is 4.54. The van der Waals surface area contributed by atoms with Crippen LogP contribution < -0.4 is 21.8 Å². The molecule has 3 aliphatic rings. The third kappa shape index (κ3) is 7.62. The normalized spacial score (nSPS) is 21.1. The maximum atomic E-state index is 13.0. The number of hydrogen-bond acceptors (Lipinski definition) is 9. The van der Waals surface area contributed by atoms with Gasteiger partial charge in [0.1, 0.15) is 24.0 Å². The number of nitrogens with one attached hydrogen (secondary N) is 3. The third-order valence-corrected chi connectivity index (χ3v) is 7.96. The van der Waals surface area contributed by atoms with Crippen molar-refractivity contribution in [2.45, 2.75) is 68.9 Å². The van der Waals surface area contributed by atoms with Gasteiger partial charge in [-0.15, -0.1) is 12.6 Å². The summed E-state index contributed by atoms with van der Waals surface area (Å²) in [5, 5.41) is 8.63. The van der Waals surface area contributed by atoms with Crippen molar-refractivity contribution < 1.29 is 17.9 Å². The van der Waals surface area contributed by atoms with E-state index < -0.39 is 17.8 Å². The molecule has 1 aromatic rings. The molecule has 3 unspecified atom stereocenters. The van der Waals surface area contributed by atoms with Crippen molar-refractivity contribution in [1.29, 1.82) is 0 Å². The summed E-state index contributed by atoms with van der Waals surface area (Å²) < 4.78 is 44.5. The molecule has 2 fully saturated rings. The van der Waals surface area contributed by atoms with Crippen LogP contribution in [0.15, 0.2) is 59.2 Å². The summed E-state index contributed by atoms with van der Waals surface area (Å²) in [6.07, 6.45) is 7.78. The Kier molecular flexibility index (Phi) is 9.73. The topological polar surface area (TPSA) is 90.7 Å². The molecule has 2 bridgehead atoms. The van der Waals surface area contributed by atoms with Gasteiger partial charge in [-0.3, -0.25) is 10.3 Å². The molecule has 4 rings (SSSR count).